The Balaban J connectivity index is 2.77. The van der Waals surface area contributed by atoms with Crippen molar-refractivity contribution in [2.45, 2.75) is 17.4 Å². The molecule has 0 fully saturated rings. The van der Waals surface area contributed by atoms with Gasteiger partial charge in [-0.2, -0.15) is 26.3 Å². The molecule has 0 spiro atoms. The molecule has 0 aliphatic heterocycles. The summed E-state index contributed by atoms with van der Waals surface area (Å²) in [5.41, 5.74) is -2.52. The molecular weight excluding hydrogens is 294 g/mol. The van der Waals surface area contributed by atoms with Crippen LogP contribution in [0.5, 0.6) is 0 Å². The average molecular weight is 300 g/mol. The number of rotatable bonds is 1. The number of furan rings is 1. The van der Waals surface area contributed by atoms with Crippen molar-refractivity contribution in [2.75, 3.05) is 6.26 Å². The Morgan fingerprint density at radius 2 is 1.63 bits per heavy atom. The summed E-state index contributed by atoms with van der Waals surface area (Å²) in [7, 11) is 0. The lowest BCUT2D eigenvalue weighted by molar-refractivity contribution is -0.140. The lowest BCUT2D eigenvalue weighted by Gasteiger charge is -2.08. The van der Waals surface area contributed by atoms with E-state index in [1.807, 2.05) is 0 Å². The summed E-state index contributed by atoms with van der Waals surface area (Å²) >= 11 is 0.693. The Morgan fingerprint density at radius 3 is 2.11 bits per heavy atom. The second-order valence-corrected chi connectivity index (χ2v) is 4.45. The molecule has 0 saturated heterocycles. The van der Waals surface area contributed by atoms with E-state index in [1.54, 1.807) is 0 Å². The van der Waals surface area contributed by atoms with Crippen LogP contribution in [-0.2, 0) is 12.4 Å². The van der Waals surface area contributed by atoms with Crippen molar-refractivity contribution in [2.24, 2.45) is 0 Å². The highest BCUT2D eigenvalue weighted by atomic mass is 32.2. The molecule has 2 aromatic rings. The van der Waals surface area contributed by atoms with Gasteiger partial charge in [0.1, 0.15) is 11.1 Å². The van der Waals surface area contributed by atoms with Gasteiger partial charge in [0.05, 0.1) is 5.56 Å². The van der Waals surface area contributed by atoms with Crippen molar-refractivity contribution in [3.8, 4) is 0 Å². The average Bonchev–Trinajstić information content (AvgIpc) is 2.64. The van der Waals surface area contributed by atoms with Crippen molar-refractivity contribution in [3.05, 3.63) is 29.3 Å². The van der Waals surface area contributed by atoms with E-state index in [2.05, 4.69) is 0 Å². The first-order chi connectivity index (χ1) is 8.64. The van der Waals surface area contributed by atoms with Crippen molar-refractivity contribution in [1.82, 2.24) is 0 Å². The quantitative estimate of drug-likeness (QED) is 0.531. The van der Waals surface area contributed by atoms with E-state index in [9.17, 15) is 26.3 Å². The number of hydrogen-bond donors (Lipinski definition) is 0. The molecule has 0 unspecified atom stereocenters. The summed E-state index contributed by atoms with van der Waals surface area (Å²) in [4.78, 5) is 0. The smallest absolute Gasteiger partial charge is 0.421 e. The van der Waals surface area contributed by atoms with Gasteiger partial charge >= 0.3 is 12.4 Å². The Kier molecular flexibility index (Phi) is 3.24. The van der Waals surface area contributed by atoms with Gasteiger partial charge in [-0.15, -0.1) is 0 Å². The fourth-order valence-corrected chi connectivity index (χ4v) is 2.27. The number of fused-ring (bicyclic) bond motifs is 1. The number of thioether (sulfide) groups is 1. The van der Waals surface area contributed by atoms with E-state index in [1.165, 1.54) is 6.26 Å². The third kappa shape index (κ3) is 2.54. The Hall–Kier alpha value is -1.31. The third-order valence-electron chi connectivity index (χ3n) is 2.45. The van der Waals surface area contributed by atoms with Gasteiger partial charge in [0, 0.05) is 5.39 Å². The zero-order valence-electron chi connectivity index (χ0n) is 9.32. The molecule has 1 aromatic carbocycles. The Morgan fingerprint density at radius 1 is 1.00 bits per heavy atom. The lowest BCUT2D eigenvalue weighted by Crippen LogP contribution is -2.07. The highest BCUT2D eigenvalue weighted by Crippen LogP contribution is 2.44. The summed E-state index contributed by atoms with van der Waals surface area (Å²) in [5, 5.41) is -1.02. The van der Waals surface area contributed by atoms with Crippen LogP contribution in [0.25, 0.3) is 11.0 Å². The van der Waals surface area contributed by atoms with Crippen LogP contribution in [0.15, 0.2) is 27.7 Å². The van der Waals surface area contributed by atoms with Gasteiger partial charge in [-0.1, -0.05) is 11.8 Å². The second-order valence-electron chi connectivity index (χ2n) is 3.68. The second kappa shape index (κ2) is 4.36. The van der Waals surface area contributed by atoms with E-state index in [-0.39, 0.29) is 5.58 Å². The maximum absolute atomic E-state index is 12.9. The van der Waals surface area contributed by atoms with Gasteiger partial charge in [-0.25, -0.2) is 0 Å². The van der Waals surface area contributed by atoms with Crippen molar-refractivity contribution in [1.29, 1.82) is 0 Å². The first-order valence-electron chi connectivity index (χ1n) is 4.89. The SMILES string of the molecule is CSc1oc2ccc(C(F)(F)F)cc2c1C(F)(F)F. The van der Waals surface area contributed by atoms with E-state index in [4.69, 9.17) is 4.42 Å². The van der Waals surface area contributed by atoms with Crippen LogP contribution in [0.4, 0.5) is 26.3 Å². The largest absolute Gasteiger partial charge is 0.449 e. The van der Waals surface area contributed by atoms with Crippen molar-refractivity contribution >= 4 is 22.7 Å². The number of alkyl halides is 6. The fourth-order valence-electron chi connectivity index (χ4n) is 1.66. The van der Waals surface area contributed by atoms with E-state index < -0.39 is 34.0 Å². The Labute approximate surface area is 107 Å². The fraction of sp³-hybridized carbons (Fsp3) is 0.273. The zero-order valence-corrected chi connectivity index (χ0v) is 10.1. The number of hydrogen-bond acceptors (Lipinski definition) is 2. The van der Waals surface area contributed by atoms with Gasteiger partial charge in [-0.05, 0) is 24.5 Å². The molecule has 1 heterocycles. The predicted octanol–water partition coefficient (Wildman–Crippen LogP) is 5.19. The topological polar surface area (TPSA) is 13.1 Å². The van der Waals surface area contributed by atoms with E-state index in [0.717, 1.165) is 6.07 Å². The molecule has 0 N–H and O–H groups in total. The zero-order chi connectivity index (χ0) is 14.4. The van der Waals surface area contributed by atoms with Gasteiger partial charge in [0.2, 0.25) is 0 Å². The van der Waals surface area contributed by atoms with Gasteiger partial charge in [0.15, 0.2) is 5.09 Å². The van der Waals surface area contributed by atoms with E-state index >= 15 is 0 Å². The molecule has 2 rings (SSSR count). The summed E-state index contributed by atoms with van der Waals surface area (Å²) in [5.74, 6) is 0. The van der Waals surface area contributed by atoms with Crippen LogP contribution in [0.1, 0.15) is 11.1 Å². The lowest BCUT2D eigenvalue weighted by atomic mass is 10.1. The van der Waals surface area contributed by atoms with Crippen LogP contribution in [-0.4, -0.2) is 6.26 Å². The highest BCUT2D eigenvalue weighted by Gasteiger charge is 2.39. The molecule has 0 radical (unpaired) electrons. The molecule has 0 aliphatic rings. The first-order valence-corrected chi connectivity index (χ1v) is 6.12. The monoisotopic (exact) mass is 300 g/mol. The van der Waals surface area contributed by atoms with Crippen LogP contribution in [0, 0.1) is 0 Å². The summed E-state index contributed by atoms with van der Waals surface area (Å²) < 4.78 is 81.1. The maximum Gasteiger partial charge on any atom is 0.421 e. The van der Waals surface area contributed by atoms with Crippen LogP contribution in [0.3, 0.4) is 0 Å². The van der Waals surface area contributed by atoms with E-state index in [0.29, 0.717) is 23.9 Å². The molecule has 0 amide bonds. The minimum atomic E-state index is -4.77. The minimum Gasteiger partial charge on any atom is -0.449 e. The molecule has 0 bridgehead atoms. The normalized spacial score (nSPS) is 13.2. The van der Waals surface area contributed by atoms with Gasteiger partial charge in [0.25, 0.3) is 0 Å². The summed E-state index contributed by atoms with van der Waals surface area (Å²) in [6, 6.07) is 2.05. The van der Waals surface area contributed by atoms with Crippen molar-refractivity contribution < 1.29 is 30.8 Å². The minimum absolute atomic E-state index is 0.218. The molecule has 19 heavy (non-hydrogen) atoms. The number of benzene rings is 1. The van der Waals surface area contributed by atoms with Crippen molar-refractivity contribution in [3.63, 3.8) is 0 Å². The maximum atomic E-state index is 12.9. The Bertz CT molecular complexity index is 610. The molecule has 8 heteroatoms. The van der Waals surface area contributed by atoms with Gasteiger partial charge < -0.3 is 4.42 Å². The highest BCUT2D eigenvalue weighted by molar-refractivity contribution is 7.98. The molecule has 0 aliphatic carbocycles. The summed E-state index contributed by atoms with van der Waals surface area (Å²) in [6.45, 7) is 0. The summed E-state index contributed by atoms with van der Waals surface area (Å²) in [6.07, 6.45) is -8.11. The molecule has 1 aromatic heterocycles. The first kappa shape index (κ1) is 14.1. The molecule has 0 atom stereocenters. The standard InChI is InChI=1S/C11H6F6OS/c1-19-9-8(11(15,16)17)6-4-5(10(12,13)14)2-3-7(6)18-9/h2-4H,1H3. The molecule has 1 nitrogen and oxygen atoms in total. The van der Waals surface area contributed by atoms with Gasteiger partial charge in [-0.3, -0.25) is 0 Å². The third-order valence-corrected chi connectivity index (χ3v) is 3.11. The van der Waals surface area contributed by atoms with Crippen LogP contribution >= 0.6 is 11.8 Å². The van der Waals surface area contributed by atoms with Crippen LogP contribution < -0.4 is 0 Å². The number of halogens is 6. The molecule has 104 valence electrons. The predicted molar refractivity (Wildman–Crippen MR) is 58.0 cm³/mol. The molecule has 0 saturated carbocycles. The molecular formula is C11H6F6OS. The van der Waals surface area contributed by atoms with Crippen LogP contribution in [0.2, 0.25) is 0 Å².